The molecule has 2 amide bonds. The van der Waals surface area contributed by atoms with Crippen molar-refractivity contribution in [1.82, 2.24) is 0 Å². The van der Waals surface area contributed by atoms with Crippen molar-refractivity contribution in [3.05, 3.63) is 370 Å². The Morgan fingerprint density at radius 1 is 0.243 bits per heavy atom. The number of nitrogens with one attached hydrogen (secondary N) is 2. The van der Waals surface area contributed by atoms with E-state index in [1.165, 1.54) is 39.2 Å². The van der Waals surface area contributed by atoms with Crippen LogP contribution >= 0.6 is 42.3 Å². The summed E-state index contributed by atoms with van der Waals surface area (Å²) in [6.07, 6.45) is 0. The molecule has 0 unspecified atom stereocenters. The molecule has 0 heterocycles. The second-order valence-corrected chi connectivity index (χ2v) is 34.0. The molecule has 0 aromatic heterocycles. The maximum atomic E-state index is 12.1. The Bertz CT molecular complexity index is 7580. The molecule has 4 N–H and O–H groups in total. The third-order valence-corrected chi connectivity index (χ3v) is 25.6. The van der Waals surface area contributed by atoms with Gasteiger partial charge in [-0.3, -0.25) is 32.4 Å². The van der Waals surface area contributed by atoms with Crippen LogP contribution < -0.4 is 52.7 Å². The molecular weight excluding hydrogens is 2050 g/mol. The molecule has 12 nitrogen and oxygen atoms in total. The van der Waals surface area contributed by atoms with Gasteiger partial charge < -0.3 is 26.2 Å². The first-order valence-corrected chi connectivity index (χ1v) is 45.2. The van der Waals surface area contributed by atoms with Crippen LogP contribution in [-0.2, 0) is 27.6 Å². The molecule has 0 saturated heterocycles. The molecule has 20 aromatic rings. The number of amides is 2. The quantitative estimate of drug-likeness (QED) is 0.0789. The molecule has 0 bridgehead atoms. The number of nitrogens with zero attached hydrogens (tertiary/aromatic N) is 2. The summed E-state index contributed by atoms with van der Waals surface area (Å²) in [7, 11) is 8.16. The van der Waals surface area contributed by atoms with Crippen LogP contribution in [0.1, 0.15) is 24.2 Å². The number of nitrogens with two attached hydrogens (primary N) is 1. The molecule has 0 aliphatic carbocycles. The molecule has 136 heavy (non-hydrogen) atoms. The fourth-order valence-electron chi connectivity index (χ4n) is 17.2. The van der Waals surface area contributed by atoms with Gasteiger partial charge in [-0.25, -0.2) is 0 Å². The van der Waals surface area contributed by atoms with Crippen molar-refractivity contribution in [2.75, 3.05) is 55.2 Å². The van der Waals surface area contributed by atoms with Crippen molar-refractivity contribution in [3.63, 3.8) is 0 Å². The van der Waals surface area contributed by atoms with Gasteiger partial charge in [0.25, 0.3) is 0 Å². The number of fused-ring (bicyclic) bond motifs is 10. The Kier molecular flexibility index (Phi) is 53.8. The van der Waals surface area contributed by atoms with Gasteiger partial charge in [0.15, 0.2) is 42.3 Å². The number of rotatable bonds is 16. The summed E-state index contributed by atoms with van der Waals surface area (Å²) in [6, 6.07) is 122. The van der Waals surface area contributed by atoms with Gasteiger partial charge in [-0.1, -0.05) is 303 Å². The Labute approximate surface area is 1100 Å². The zero-order chi connectivity index (χ0) is 87.5. The molecule has 692 valence electrons. The van der Waals surface area contributed by atoms with Crippen molar-refractivity contribution in [2.45, 2.75) is 13.8 Å². The smallest absolute Gasteiger partial charge is 0.249 e. The van der Waals surface area contributed by atoms with Gasteiger partial charge in [-0.2, -0.15) is 0 Å². The Hall–Kier alpha value is -1.56. The van der Waals surface area contributed by atoms with Crippen LogP contribution in [-0.4, -0.2) is 46.5 Å². The average Bonchev–Trinajstić information content (AvgIpc) is 0.766. The van der Waals surface area contributed by atoms with E-state index in [1.807, 2.05) is 241 Å². The summed E-state index contributed by atoms with van der Waals surface area (Å²) in [6.45, 7) is 4.42. The summed E-state index contributed by atoms with van der Waals surface area (Å²) in [5.41, 5.74) is 20.0. The first-order chi connectivity index (χ1) is 61.6. The van der Waals surface area contributed by atoms with Crippen LogP contribution in [0.5, 0.6) is 0 Å². The fourth-order valence-corrected chi connectivity index (χ4v) is 19.5. The van der Waals surface area contributed by atoms with Crippen molar-refractivity contribution in [1.29, 1.82) is 0 Å². The van der Waals surface area contributed by atoms with Gasteiger partial charge in [-0.15, -0.1) is 0 Å². The van der Waals surface area contributed by atoms with E-state index in [2.05, 4.69) is 173 Å². The van der Waals surface area contributed by atoms with Gasteiger partial charge in [0, 0.05) is 503 Å². The maximum absolute atomic E-state index is 12.1. The molecule has 0 saturated carbocycles. The largest absolute Gasteiger partial charge is 0.385 e. The monoisotopic (exact) mass is 2130 g/mol. The van der Waals surface area contributed by atoms with E-state index in [-0.39, 0.29) is 426 Å². The van der Waals surface area contributed by atoms with Crippen LogP contribution in [0.3, 0.4) is 0 Å². The molecule has 20 aromatic carbocycles. The summed E-state index contributed by atoms with van der Waals surface area (Å²) in [4.78, 5) is 28.1. The number of anilines is 4. The maximum Gasteiger partial charge on any atom is 0.249 e. The zero-order valence-electron chi connectivity index (χ0n) is 73.4. The topological polar surface area (TPSA) is 176 Å². The summed E-state index contributed by atoms with van der Waals surface area (Å²) in [5, 5.41) is 32.2. The molecular formula is C109H84Ar10N5O7P5. The van der Waals surface area contributed by atoms with Crippen molar-refractivity contribution in [3.8, 4) is 55.6 Å². The van der Waals surface area contributed by atoms with Crippen LogP contribution in [0.4, 0.5) is 22.7 Å². The molecule has 20 rings (SSSR count). The predicted octanol–water partition coefficient (Wildman–Crippen LogP) is 27.5. The second kappa shape index (κ2) is 59.4. The standard InChI is InChI=1S/C22H16NO2P.3C22H18NOP.C21H14NO2P.10Ar/c1-14(24)23-19-12-10-15-6-2-4-8-17(15)21(19)22-18-9-5-3-7-16(18)11-13-20(22)26-25;2*1-23(2)19-13-11-15-7-3-5-9-17(15)21(19)22-18-10-6-4-8-16(18)12-14-20(22)25-24;1-2-23-19-13-11-15-7-3-5-9-17(15)21(19)22-18-10-6-4-8-16(18)12-14-20(22)25-24;22-21(23)17-11-9-13-5-1-3-7-15(13)19(17)20-16-8-4-2-6-14(16)10-12-18(20)25-24;;;;;;;;;;/h2-13H,1H3,(H,23,24);2*3-14H,1-2H3;3-14,23H,2H2,1H3;1-12H,(H2,22,23);;;;;;;;;;. The number of carbonyl (C=O) groups excluding carboxylic acids is 2. The molecule has 0 radical (unpaired) electrons. The first kappa shape index (κ1) is 123. The third-order valence-electron chi connectivity index (χ3n) is 22.8. The fraction of sp³-hybridized carbons (Fsp3) is 0.0642. The van der Waals surface area contributed by atoms with Crippen molar-refractivity contribution in [2.24, 2.45) is 5.73 Å². The van der Waals surface area contributed by atoms with Crippen LogP contribution in [0.2, 0.25) is 0 Å². The first-order valence-electron chi connectivity index (χ1n) is 41.2. The molecule has 0 aliphatic rings. The minimum atomic E-state index is -0.498. The zero-order valence-corrected chi connectivity index (χ0v) is 85.0. The second-order valence-electron chi connectivity index (χ2n) is 30.7. The van der Waals surface area contributed by atoms with Gasteiger partial charge >= 0.3 is 0 Å². The van der Waals surface area contributed by atoms with E-state index >= 15 is 0 Å². The third kappa shape index (κ3) is 27.7. The summed E-state index contributed by atoms with van der Waals surface area (Å²) >= 11 is 0. The van der Waals surface area contributed by atoms with E-state index in [0.29, 0.717) is 16.2 Å². The molecule has 0 atom stereocenters. The van der Waals surface area contributed by atoms with Gasteiger partial charge in [-0.05, 0) is 175 Å². The summed E-state index contributed by atoms with van der Waals surface area (Å²) in [5.74, 6) is -0.634. The number of carbonyl (C=O) groups is 2. The van der Waals surface area contributed by atoms with Gasteiger partial charge in [0.2, 0.25) is 11.8 Å². The van der Waals surface area contributed by atoms with E-state index < -0.39 is 5.91 Å². The van der Waals surface area contributed by atoms with E-state index in [1.54, 1.807) is 6.07 Å². The van der Waals surface area contributed by atoms with E-state index in [0.717, 1.165) is 176 Å². The van der Waals surface area contributed by atoms with Crippen LogP contribution in [0, 0.1) is 377 Å². The van der Waals surface area contributed by atoms with Crippen molar-refractivity contribution >= 4 is 211 Å². The van der Waals surface area contributed by atoms with E-state index in [4.69, 9.17) is 5.73 Å². The minimum Gasteiger partial charge on any atom is -0.385 e. The summed E-state index contributed by atoms with van der Waals surface area (Å²) < 4.78 is 59.6. The Morgan fingerprint density at radius 3 is 0.669 bits per heavy atom. The number of primary amides is 1. The normalized spacial score (nSPS) is 10.4. The molecule has 0 spiro atoms. The number of benzene rings is 20. The Balaban J connectivity index is 0.000000256. The predicted molar refractivity (Wildman–Crippen MR) is 536 cm³/mol. The minimum absolute atomic E-state index is 0. The van der Waals surface area contributed by atoms with Crippen LogP contribution in [0.15, 0.2) is 364 Å². The van der Waals surface area contributed by atoms with Crippen LogP contribution in [0.25, 0.3) is 163 Å². The molecule has 27 heteroatoms. The van der Waals surface area contributed by atoms with Gasteiger partial charge in [0.1, 0.15) is 0 Å². The SMILES string of the molecule is CC(=O)Nc1ccc2ccccc2c1-c1c(P=O)ccc2ccccc12.CCNc1ccc2ccccc2c1-c1c(P=O)ccc2ccccc12.CN(C)c1ccc2ccccc2c1-c1c(P=O)ccc2ccccc12.CN(C)c1ccc2ccccc2c1-c1c(P=O)ccc2ccccc12.NC(=O)c1ccc2ccccc2c1-c1c(P=O)ccc2ccccc12.[Ar].[Ar].[Ar].[Ar].[Ar].[Ar].[Ar].[Ar].[Ar].[Ar]. The van der Waals surface area contributed by atoms with E-state index in [9.17, 15) is 32.4 Å². The number of hydrogen-bond acceptors (Lipinski definition) is 10. The van der Waals surface area contributed by atoms with Gasteiger partial charge in [0.05, 0.1) is 26.5 Å². The number of hydrogen-bond donors (Lipinski definition) is 3. The average molecular weight is 2130 g/mol. The Morgan fingerprint density at radius 2 is 0.434 bits per heavy atom. The molecule has 0 fully saturated rings. The molecule has 0 aliphatic heterocycles. The van der Waals surface area contributed by atoms with Crippen molar-refractivity contribution < 1.29 is 410 Å².